The summed E-state index contributed by atoms with van der Waals surface area (Å²) >= 11 is 0. The van der Waals surface area contributed by atoms with E-state index < -0.39 is 17.9 Å². The number of nitriles is 1. The third-order valence-corrected chi connectivity index (χ3v) is 3.62. The molecular weight excluding hydrogens is 294 g/mol. The maximum absolute atomic E-state index is 12.6. The number of para-hydroxylation sites is 1. The first-order chi connectivity index (χ1) is 11.1. The zero-order valence-corrected chi connectivity index (χ0v) is 12.9. The van der Waals surface area contributed by atoms with Crippen LogP contribution in [0.5, 0.6) is 0 Å². The molecule has 0 aliphatic rings. The fraction of sp³-hybridized carbons (Fsp3) is 0.294. The van der Waals surface area contributed by atoms with E-state index in [0.717, 1.165) is 0 Å². The van der Waals surface area contributed by atoms with Gasteiger partial charge < -0.3 is 10.1 Å². The zero-order chi connectivity index (χ0) is 16.8. The molecule has 0 unspecified atom stereocenters. The van der Waals surface area contributed by atoms with Gasteiger partial charge in [0.05, 0.1) is 24.3 Å². The van der Waals surface area contributed by atoms with E-state index in [1.165, 1.54) is 7.11 Å². The topological polar surface area (TPSA) is 92.1 Å². The number of hydrogen-bond acceptors (Lipinski definition) is 5. The third-order valence-electron chi connectivity index (χ3n) is 3.62. The van der Waals surface area contributed by atoms with Crippen LogP contribution in [0, 0.1) is 17.2 Å². The van der Waals surface area contributed by atoms with E-state index >= 15 is 0 Å². The smallest absolute Gasteiger partial charge is 0.328 e. The fourth-order valence-corrected chi connectivity index (χ4v) is 2.34. The molecule has 1 amide bonds. The number of aromatic nitrogens is 1. The first-order valence-electron chi connectivity index (χ1n) is 7.18. The highest BCUT2D eigenvalue weighted by Crippen LogP contribution is 2.17. The molecule has 1 aromatic carbocycles. The number of carbonyl (C=O) groups excluding carboxylic acids is 2. The number of benzene rings is 1. The van der Waals surface area contributed by atoms with Gasteiger partial charge >= 0.3 is 5.97 Å². The number of nitrogens with one attached hydrogen (secondary N) is 1. The summed E-state index contributed by atoms with van der Waals surface area (Å²) in [7, 11) is 1.25. The lowest BCUT2D eigenvalue weighted by molar-refractivity contribution is -0.144. The van der Waals surface area contributed by atoms with Crippen LogP contribution in [0.4, 0.5) is 0 Å². The molecule has 2 rings (SSSR count). The SMILES string of the molecule is COC(=O)[C@H](NC(=O)c1ccnc2ccccc12)[C@H](C)CC#N. The Labute approximate surface area is 134 Å². The second-order valence-electron chi connectivity index (χ2n) is 5.19. The summed E-state index contributed by atoms with van der Waals surface area (Å²) in [6, 6.07) is 9.98. The summed E-state index contributed by atoms with van der Waals surface area (Å²) in [5.41, 5.74) is 1.12. The maximum atomic E-state index is 12.6. The summed E-state index contributed by atoms with van der Waals surface area (Å²) in [5.74, 6) is -1.33. The molecule has 1 heterocycles. The molecule has 0 aliphatic carbocycles. The van der Waals surface area contributed by atoms with Gasteiger partial charge in [-0.25, -0.2) is 4.79 Å². The molecular formula is C17H17N3O3. The Hall–Kier alpha value is -2.94. The Kier molecular flexibility index (Phi) is 5.26. The molecule has 6 heteroatoms. The second kappa shape index (κ2) is 7.36. The van der Waals surface area contributed by atoms with Crippen LogP contribution in [0.2, 0.25) is 0 Å². The number of nitrogens with zero attached hydrogens (tertiary/aromatic N) is 2. The largest absolute Gasteiger partial charge is 0.467 e. The van der Waals surface area contributed by atoms with Crippen LogP contribution in [-0.4, -0.2) is 30.0 Å². The highest BCUT2D eigenvalue weighted by atomic mass is 16.5. The lowest BCUT2D eigenvalue weighted by Gasteiger charge is -2.21. The van der Waals surface area contributed by atoms with Crippen molar-refractivity contribution in [3.63, 3.8) is 0 Å². The minimum absolute atomic E-state index is 0.136. The minimum atomic E-state index is -0.876. The van der Waals surface area contributed by atoms with Gasteiger partial charge in [-0.2, -0.15) is 5.26 Å². The molecule has 1 aromatic heterocycles. The monoisotopic (exact) mass is 311 g/mol. The van der Waals surface area contributed by atoms with E-state index in [2.05, 4.69) is 10.3 Å². The van der Waals surface area contributed by atoms with Gasteiger partial charge in [-0.3, -0.25) is 9.78 Å². The number of amides is 1. The van der Waals surface area contributed by atoms with Crippen molar-refractivity contribution in [3.8, 4) is 6.07 Å². The highest BCUT2D eigenvalue weighted by molar-refractivity contribution is 6.07. The quantitative estimate of drug-likeness (QED) is 0.853. The van der Waals surface area contributed by atoms with Crippen LogP contribution in [0.25, 0.3) is 10.9 Å². The minimum Gasteiger partial charge on any atom is -0.467 e. The molecule has 0 spiro atoms. The standard InChI is InChI=1S/C17H17N3O3/c1-11(7-9-18)15(17(22)23-2)20-16(21)13-8-10-19-14-6-4-3-5-12(13)14/h3-6,8,10-11,15H,7H2,1-2H3,(H,20,21)/t11-,15-/m1/s1. The van der Waals surface area contributed by atoms with Crippen molar-refractivity contribution in [3.05, 3.63) is 42.1 Å². The number of esters is 1. The van der Waals surface area contributed by atoms with E-state index in [1.807, 2.05) is 24.3 Å². The van der Waals surface area contributed by atoms with Crippen LogP contribution in [0.1, 0.15) is 23.7 Å². The fourth-order valence-electron chi connectivity index (χ4n) is 2.34. The first-order valence-corrected chi connectivity index (χ1v) is 7.18. The van der Waals surface area contributed by atoms with Crippen LogP contribution in [0.3, 0.4) is 0 Å². The van der Waals surface area contributed by atoms with E-state index in [1.54, 1.807) is 25.3 Å². The molecule has 23 heavy (non-hydrogen) atoms. The van der Waals surface area contributed by atoms with E-state index in [-0.39, 0.29) is 12.3 Å². The number of methoxy groups -OCH3 is 1. The molecule has 0 radical (unpaired) electrons. The molecule has 1 N–H and O–H groups in total. The Balaban J connectivity index is 2.31. The third kappa shape index (κ3) is 3.64. The first kappa shape index (κ1) is 16.4. The van der Waals surface area contributed by atoms with Crippen molar-refractivity contribution in [1.29, 1.82) is 5.26 Å². The number of pyridine rings is 1. The lowest BCUT2D eigenvalue weighted by atomic mass is 9.98. The molecule has 0 fully saturated rings. The van der Waals surface area contributed by atoms with Crippen LogP contribution in [-0.2, 0) is 9.53 Å². The van der Waals surface area contributed by atoms with E-state index in [4.69, 9.17) is 10.00 Å². The van der Waals surface area contributed by atoms with Crippen molar-refractivity contribution < 1.29 is 14.3 Å². The molecule has 2 atom stereocenters. The molecule has 0 saturated heterocycles. The van der Waals surface area contributed by atoms with E-state index in [9.17, 15) is 9.59 Å². The van der Waals surface area contributed by atoms with Gasteiger partial charge in [-0.15, -0.1) is 0 Å². The second-order valence-corrected chi connectivity index (χ2v) is 5.19. The van der Waals surface area contributed by atoms with Crippen molar-refractivity contribution in [1.82, 2.24) is 10.3 Å². The summed E-state index contributed by atoms with van der Waals surface area (Å²) in [5, 5.41) is 12.2. The average Bonchev–Trinajstić information content (AvgIpc) is 2.58. The van der Waals surface area contributed by atoms with Gasteiger partial charge in [0.25, 0.3) is 5.91 Å². The van der Waals surface area contributed by atoms with Gasteiger partial charge in [0.1, 0.15) is 6.04 Å². The van der Waals surface area contributed by atoms with Gasteiger partial charge in [0.2, 0.25) is 0 Å². The number of fused-ring (bicyclic) bond motifs is 1. The van der Waals surface area contributed by atoms with Crippen molar-refractivity contribution in [2.75, 3.05) is 7.11 Å². The van der Waals surface area contributed by atoms with Crippen molar-refractivity contribution >= 4 is 22.8 Å². The normalized spacial score (nSPS) is 12.9. The number of ether oxygens (including phenoxy) is 1. The van der Waals surface area contributed by atoms with Gasteiger partial charge in [-0.05, 0) is 12.1 Å². The summed E-state index contributed by atoms with van der Waals surface area (Å²) in [6.07, 6.45) is 1.68. The maximum Gasteiger partial charge on any atom is 0.328 e. The Bertz CT molecular complexity index is 762. The van der Waals surface area contributed by atoms with Crippen molar-refractivity contribution in [2.24, 2.45) is 5.92 Å². The van der Waals surface area contributed by atoms with Crippen LogP contribution in [0.15, 0.2) is 36.5 Å². The zero-order valence-electron chi connectivity index (χ0n) is 12.9. The molecule has 0 bridgehead atoms. The summed E-state index contributed by atoms with van der Waals surface area (Å²) < 4.78 is 4.73. The molecule has 0 aliphatic heterocycles. The Morgan fingerprint density at radius 2 is 2.09 bits per heavy atom. The number of rotatable bonds is 5. The summed E-state index contributed by atoms with van der Waals surface area (Å²) in [6.45, 7) is 1.72. The van der Waals surface area contributed by atoms with Gasteiger partial charge in [0, 0.05) is 23.9 Å². The van der Waals surface area contributed by atoms with Crippen LogP contribution >= 0.6 is 0 Å². The molecule has 0 saturated carbocycles. The van der Waals surface area contributed by atoms with Gasteiger partial charge in [0.15, 0.2) is 0 Å². The molecule has 6 nitrogen and oxygen atoms in total. The van der Waals surface area contributed by atoms with Gasteiger partial charge in [-0.1, -0.05) is 25.1 Å². The summed E-state index contributed by atoms with van der Waals surface area (Å²) in [4.78, 5) is 28.7. The molecule has 118 valence electrons. The lowest BCUT2D eigenvalue weighted by Crippen LogP contribution is -2.45. The highest BCUT2D eigenvalue weighted by Gasteiger charge is 2.28. The molecule has 2 aromatic rings. The predicted molar refractivity (Wildman–Crippen MR) is 84.4 cm³/mol. The Morgan fingerprint density at radius 3 is 2.78 bits per heavy atom. The number of hydrogen-bond donors (Lipinski definition) is 1. The van der Waals surface area contributed by atoms with E-state index in [0.29, 0.717) is 16.5 Å². The Morgan fingerprint density at radius 1 is 1.35 bits per heavy atom. The number of carbonyl (C=O) groups is 2. The average molecular weight is 311 g/mol. The van der Waals surface area contributed by atoms with Crippen molar-refractivity contribution in [2.45, 2.75) is 19.4 Å². The van der Waals surface area contributed by atoms with Crippen LogP contribution < -0.4 is 5.32 Å². The predicted octanol–water partition coefficient (Wildman–Crippen LogP) is 2.06.